The van der Waals surface area contributed by atoms with Crippen molar-refractivity contribution in [3.05, 3.63) is 71.1 Å². The second-order valence-electron chi connectivity index (χ2n) is 6.69. The van der Waals surface area contributed by atoms with Crippen LogP contribution in [0.3, 0.4) is 0 Å². The van der Waals surface area contributed by atoms with Crippen LogP contribution in [-0.2, 0) is 16.1 Å². The fourth-order valence-electron chi connectivity index (χ4n) is 3.35. The van der Waals surface area contributed by atoms with Gasteiger partial charge < -0.3 is 14.2 Å². The van der Waals surface area contributed by atoms with Crippen LogP contribution in [0.5, 0.6) is 0 Å². The second-order valence-corrected chi connectivity index (χ2v) is 7.13. The number of nitrogens with zero attached hydrogens (tertiary/aromatic N) is 3. The molecule has 0 aliphatic carbocycles. The zero-order valence-electron chi connectivity index (χ0n) is 15.3. The number of halogens is 1. The summed E-state index contributed by atoms with van der Waals surface area (Å²) in [7, 11) is 0. The maximum atomic E-state index is 12.6. The van der Waals surface area contributed by atoms with Crippen molar-refractivity contribution in [2.24, 2.45) is 0 Å². The highest BCUT2D eigenvalue weighted by atomic mass is 35.5. The summed E-state index contributed by atoms with van der Waals surface area (Å²) >= 11 is 6.03. The highest BCUT2D eigenvalue weighted by Gasteiger charge is 2.34. The summed E-state index contributed by atoms with van der Waals surface area (Å²) in [4.78, 5) is 18.9. The largest absolute Gasteiger partial charge is 0.367 e. The van der Waals surface area contributed by atoms with Crippen LogP contribution in [0, 0.1) is 0 Å². The van der Waals surface area contributed by atoms with E-state index in [-0.39, 0.29) is 18.6 Å². The van der Waals surface area contributed by atoms with Gasteiger partial charge in [0.2, 0.25) is 17.6 Å². The molecule has 1 amide bonds. The minimum absolute atomic E-state index is 0.0285. The van der Waals surface area contributed by atoms with Gasteiger partial charge in [0.25, 0.3) is 0 Å². The van der Waals surface area contributed by atoms with Crippen LogP contribution in [0.25, 0.3) is 11.4 Å². The molecular weight excluding hydrogens is 378 g/mol. The molecule has 1 aliphatic rings. The molecule has 1 atom stereocenters. The standard InChI is InChI=1S/C21H20ClN3O3/c22-17-9-4-8-16(12-17)20-23-21(28-24-20)18-10-5-11-25(18)19(26)14-27-13-15-6-2-1-3-7-15/h1-4,6-9,12,18H,5,10-11,13-14H2. The van der Waals surface area contributed by atoms with Gasteiger partial charge in [-0.3, -0.25) is 4.79 Å². The van der Waals surface area contributed by atoms with Crippen molar-refractivity contribution in [2.45, 2.75) is 25.5 Å². The van der Waals surface area contributed by atoms with Gasteiger partial charge in [-0.2, -0.15) is 4.98 Å². The Hall–Kier alpha value is -2.70. The lowest BCUT2D eigenvalue weighted by molar-refractivity contribution is -0.138. The maximum Gasteiger partial charge on any atom is 0.249 e. The number of carbonyl (C=O) groups excluding carboxylic acids is 1. The number of aromatic nitrogens is 2. The number of ether oxygens (including phenoxy) is 1. The molecule has 1 unspecified atom stereocenters. The second kappa shape index (κ2) is 8.54. The van der Waals surface area contributed by atoms with Gasteiger partial charge in [0.1, 0.15) is 12.6 Å². The van der Waals surface area contributed by atoms with E-state index in [1.54, 1.807) is 17.0 Å². The van der Waals surface area contributed by atoms with E-state index in [1.807, 2.05) is 42.5 Å². The average molecular weight is 398 g/mol. The summed E-state index contributed by atoms with van der Waals surface area (Å²) in [5, 5.41) is 4.66. The van der Waals surface area contributed by atoms with Crippen molar-refractivity contribution in [1.82, 2.24) is 15.0 Å². The van der Waals surface area contributed by atoms with Crippen LogP contribution < -0.4 is 0 Å². The molecular formula is C21H20ClN3O3. The normalized spacial score (nSPS) is 16.5. The van der Waals surface area contributed by atoms with E-state index >= 15 is 0 Å². The minimum Gasteiger partial charge on any atom is -0.367 e. The maximum absolute atomic E-state index is 12.6. The average Bonchev–Trinajstić information content (AvgIpc) is 3.38. The Morgan fingerprint density at radius 3 is 2.89 bits per heavy atom. The van der Waals surface area contributed by atoms with E-state index < -0.39 is 0 Å². The summed E-state index contributed by atoms with van der Waals surface area (Å²) in [6.07, 6.45) is 1.69. The fourth-order valence-corrected chi connectivity index (χ4v) is 3.54. The van der Waals surface area contributed by atoms with E-state index in [2.05, 4.69) is 10.1 Å². The Labute approximate surface area is 168 Å². The molecule has 1 saturated heterocycles. The minimum atomic E-state index is -0.215. The molecule has 2 aromatic carbocycles. The van der Waals surface area contributed by atoms with E-state index in [0.717, 1.165) is 24.0 Å². The van der Waals surface area contributed by atoms with Crippen LogP contribution in [-0.4, -0.2) is 34.1 Å². The van der Waals surface area contributed by atoms with Crippen molar-refractivity contribution >= 4 is 17.5 Å². The lowest BCUT2D eigenvalue weighted by atomic mass is 10.2. The van der Waals surface area contributed by atoms with E-state index in [0.29, 0.717) is 29.9 Å². The topological polar surface area (TPSA) is 68.5 Å². The zero-order chi connectivity index (χ0) is 19.3. The van der Waals surface area contributed by atoms with Crippen LogP contribution in [0.2, 0.25) is 5.02 Å². The third-order valence-electron chi connectivity index (χ3n) is 4.72. The van der Waals surface area contributed by atoms with Crippen LogP contribution in [0.1, 0.15) is 30.3 Å². The zero-order valence-corrected chi connectivity index (χ0v) is 16.0. The SMILES string of the molecule is O=C(COCc1ccccc1)N1CCCC1c1nc(-c2cccc(Cl)c2)no1. The quantitative estimate of drug-likeness (QED) is 0.621. The van der Waals surface area contributed by atoms with Crippen molar-refractivity contribution < 1.29 is 14.1 Å². The first kappa shape index (κ1) is 18.7. The molecule has 0 N–H and O–H groups in total. The van der Waals surface area contributed by atoms with Gasteiger partial charge in [-0.25, -0.2) is 0 Å². The highest BCUT2D eigenvalue weighted by molar-refractivity contribution is 6.30. The lowest BCUT2D eigenvalue weighted by Gasteiger charge is -2.21. The first-order chi connectivity index (χ1) is 13.7. The Bertz CT molecular complexity index is 945. The number of hydrogen-bond acceptors (Lipinski definition) is 5. The number of benzene rings is 2. The molecule has 1 fully saturated rings. The van der Waals surface area contributed by atoms with Crippen LogP contribution >= 0.6 is 11.6 Å². The highest BCUT2D eigenvalue weighted by Crippen LogP contribution is 2.32. The summed E-state index contributed by atoms with van der Waals surface area (Å²) in [5.41, 5.74) is 1.82. The van der Waals surface area contributed by atoms with Crippen LogP contribution in [0.15, 0.2) is 59.1 Å². The third-order valence-corrected chi connectivity index (χ3v) is 4.95. The van der Waals surface area contributed by atoms with E-state index in [9.17, 15) is 4.79 Å². The first-order valence-corrected chi connectivity index (χ1v) is 9.59. The third kappa shape index (κ3) is 4.24. The molecule has 7 heteroatoms. The number of hydrogen-bond donors (Lipinski definition) is 0. The smallest absolute Gasteiger partial charge is 0.249 e. The van der Waals surface area contributed by atoms with Gasteiger partial charge in [0.05, 0.1) is 6.61 Å². The Balaban J connectivity index is 1.40. The molecule has 3 aromatic rings. The molecule has 144 valence electrons. The molecule has 0 bridgehead atoms. The number of amides is 1. The van der Waals surface area contributed by atoms with Crippen molar-refractivity contribution in [3.8, 4) is 11.4 Å². The molecule has 0 saturated carbocycles. The van der Waals surface area contributed by atoms with E-state index in [1.165, 1.54) is 0 Å². The lowest BCUT2D eigenvalue weighted by Crippen LogP contribution is -2.33. The fraction of sp³-hybridized carbons (Fsp3) is 0.286. The monoisotopic (exact) mass is 397 g/mol. The van der Waals surface area contributed by atoms with Crippen molar-refractivity contribution in [1.29, 1.82) is 0 Å². The predicted octanol–water partition coefficient (Wildman–Crippen LogP) is 4.27. The molecule has 0 radical (unpaired) electrons. The molecule has 28 heavy (non-hydrogen) atoms. The number of likely N-dealkylation sites (tertiary alicyclic amines) is 1. The van der Waals surface area contributed by atoms with Gasteiger partial charge >= 0.3 is 0 Å². The van der Waals surface area contributed by atoms with Gasteiger partial charge in [-0.05, 0) is 30.5 Å². The summed E-state index contributed by atoms with van der Waals surface area (Å²) < 4.78 is 11.1. The molecule has 0 spiro atoms. The van der Waals surface area contributed by atoms with Crippen molar-refractivity contribution in [2.75, 3.05) is 13.2 Å². The van der Waals surface area contributed by atoms with Crippen LogP contribution in [0.4, 0.5) is 0 Å². The molecule has 4 rings (SSSR count). The summed E-state index contributed by atoms with van der Waals surface area (Å²) in [5.74, 6) is 0.849. The first-order valence-electron chi connectivity index (χ1n) is 9.21. The number of rotatable bonds is 6. The summed E-state index contributed by atoms with van der Waals surface area (Å²) in [6.45, 7) is 1.10. The molecule has 1 aromatic heterocycles. The van der Waals surface area contributed by atoms with Crippen molar-refractivity contribution in [3.63, 3.8) is 0 Å². The van der Waals surface area contributed by atoms with E-state index in [4.69, 9.17) is 20.9 Å². The van der Waals surface area contributed by atoms with Gasteiger partial charge in [-0.15, -0.1) is 0 Å². The molecule has 2 heterocycles. The summed E-state index contributed by atoms with van der Waals surface area (Å²) in [6, 6.07) is 16.9. The Kier molecular flexibility index (Phi) is 5.69. The van der Waals surface area contributed by atoms with Gasteiger partial charge in [0, 0.05) is 17.1 Å². The predicted molar refractivity (Wildman–Crippen MR) is 105 cm³/mol. The van der Waals surface area contributed by atoms with Gasteiger partial charge in [-0.1, -0.05) is 59.2 Å². The van der Waals surface area contributed by atoms with Gasteiger partial charge in [0.15, 0.2) is 0 Å². The Morgan fingerprint density at radius 2 is 2.07 bits per heavy atom. The molecule has 6 nitrogen and oxygen atoms in total. The molecule has 1 aliphatic heterocycles. The number of carbonyl (C=O) groups is 1. The Morgan fingerprint density at radius 1 is 1.21 bits per heavy atom.